The summed E-state index contributed by atoms with van der Waals surface area (Å²) in [6.07, 6.45) is 1.78. The zero-order valence-electron chi connectivity index (χ0n) is 12.7. The van der Waals surface area contributed by atoms with Gasteiger partial charge in [-0.1, -0.05) is 18.2 Å². The summed E-state index contributed by atoms with van der Waals surface area (Å²) in [6.45, 7) is 1.59. The summed E-state index contributed by atoms with van der Waals surface area (Å²) in [5, 5.41) is 3.34. The summed E-state index contributed by atoms with van der Waals surface area (Å²) in [6, 6.07) is 8.34. The maximum atomic E-state index is 11.5. The third kappa shape index (κ3) is 3.73. The second kappa shape index (κ2) is 7.16. The molecule has 22 heavy (non-hydrogen) atoms. The number of hydrogen-bond acceptors (Lipinski definition) is 3. The molecule has 0 spiro atoms. The van der Waals surface area contributed by atoms with Crippen LogP contribution in [0.25, 0.3) is 0 Å². The molecular formula is C15H22IN3O2S. The maximum Gasteiger partial charge on any atom is 0.198 e. The lowest BCUT2D eigenvalue weighted by Gasteiger charge is -2.23. The first-order chi connectivity index (χ1) is 10.1. The van der Waals surface area contributed by atoms with Crippen LogP contribution in [0.15, 0.2) is 29.3 Å². The van der Waals surface area contributed by atoms with E-state index < -0.39 is 9.84 Å². The molecule has 0 radical (unpaired) electrons. The minimum Gasteiger partial charge on any atom is -0.356 e. The van der Waals surface area contributed by atoms with Crippen molar-refractivity contribution >= 4 is 45.5 Å². The Morgan fingerprint density at radius 1 is 1.41 bits per heavy atom. The molecule has 1 saturated heterocycles. The van der Waals surface area contributed by atoms with Crippen LogP contribution in [0.3, 0.4) is 0 Å². The highest BCUT2D eigenvalue weighted by atomic mass is 127. The van der Waals surface area contributed by atoms with Crippen LogP contribution in [0.4, 0.5) is 5.69 Å². The quantitative estimate of drug-likeness (QED) is 0.436. The Kier molecular flexibility index (Phi) is 5.70. The van der Waals surface area contributed by atoms with Crippen molar-refractivity contribution in [1.29, 1.82) is 0 Å². The lowest BCUT2D eigenvalue weighted by atomic mass is 10.1. The molecule has 2 aliphatic heterocycles. The number of nitrogens with one attached hydrogen (secondary N) is 1. The number of benzene rings is 1. The molecule has 7 heteroatoms. The second-order valence-electron chi connectivity index (χ2n) is 5.73. The number of halogens is 1. The van der Waals surface area contributed by atoms with Crippen LogP contribution in [0.1, 0.15) is 12.0 Å². The van der Waals surface area contributed by atoms with Crippen molar-refractivity contribution in [1.82, 2.24) is 5.32 Å². The van der Waals surface area contributed by atoms with Gasteiger partial charge in [0.1, 0.15) is 0 Å². The molecule has 0 aromatic heterocycles. The first-order valence-electron chi connectivity index (χ1n) is 7.35. The van der Waals surface area contributed by atoms with Gasteiger partial charge in [0, 0.05) is 25.8 Å². The highest BCUT2D eigenvalue weighted by Crippen LogP contribution is 2.27. The number of sulfone groups is 1. The van der Waals surface area contributed by atoms with Crippen LogP contribution in [-0.4, -0.2) is 46.0 Å². The van der Waals surface area contributed by atoms with Crippen molar-refractivity contribution in [3.8, 4) is 0 Å². The molecule has 3 rings (SSSR count). The number of hydrogen-bond donors (Lipinski definition) is 1. The molecule has 1 N–H and O–H groups in total. The van der Waals surface area contributed by atoms with E-state index in [1.807, 2.05) is 6.07 Å². The summed E-state index contributed by atoms with van der Waals surface area (Å²) in [5.41, 5.74) is 2.54. The first kappa shape index (κ1) is 17.5. The molecule has 1 fully saturated rings. The molecule has 0 bridgehead atoms. The van der Waals surface area contributed by atoms with Crippen LogP contribution in [0.2, 0.25) is 0 Å². The van der Waals surface area contributed by atoms with Gasteiger partial charge in [0.05, 0.1) is 11.5 Å². The Bertz CT molecular complexity index is 661. The van der Waals surface area contributed by atoms with Crippen LogP contribution in [-0.2, 0) is 16.3 Å². The van der Waals surface area contributed by atoms with Crippen molar-refractivity contribution in [2.24, 2.45) is 10.9 Å². The molecule has 0 amide bonds. The van der Waals surface area contributed by atoms with Crippen LogP contribution < -0.4 is 10.2 Å². The number of nitrogens with zero attached hydrogens (tertiary/aromatic N) is 2. The monoisotopic (exact) mass is 435 g/mol. The smallest absolute Gasteiger partial charge is 0.198 e. The van der Waals surface area contributed by atoms with Crippen molar-refractivity contribution in [2.45, 2.75) is 12.8 Å². The molecule has 0 saturated carbocycles. The lowest BCUT2D eigenvalue weighted by molar-refractivity contribution is 0.570. The number of fused-ring (bicyclic) bond motifs is 1. The Morgan fingerprint density at radius 3 is 2.86 bits per heavy atom. The van der Waals surface area contributed by atoms with Gasteiger partial charge in [0.25, 0.3) is 0 Å². The topological polar surface area (TPSA) is 61.8 Å². The van der Waals surface area contributed by atoms with E-state index in [1.54, 1.807) is 7.05 Å². The minimum atomic E-state index is -2.81. The van der Waals surface area contributed by atoms with Crippen molar-refractivity contribution in [3.63, 3.8) is 0 Å². The van der Waals surface area contributed by atoms with Gasteiger partial charge in [-0.15, -0.1) is 24.0 Å². The van der Waals surface area contributed by atoms with E-state index in [-0.39, 0.29) is 29.9 Å². The Labute approximate surface area is 149 Å². The van der Waals surface area contributed by atoms with Gasteiger partial charge in [-0.25, -0.2) is 8.42 Å². The summed E-state index contributed by atoms with van der Waals surface area (Å²) >= 11 is 0. The molecule has 1 unspecified atom stereocenters. The van der Waals surface area contributed by atoms with E-state index in [4.69, 9.17) is 0 Å². The molecule has 122 valence electrons. The highest BCUT2D eigenvalue weighted by Gasteiger charge is 2.29. The van der Waals surface area contributed by atoms with Crippen molar-refractivity contribution in [3.05, 3.63) is 29.8 Å². The lowest BCUT2D eigenvalue weighted by Crippen LogP contribution is -2.42. The number of para-hydroxylation sites is 1. The van der Waals surface area contributed by atoms with Gasteiger partial charge in [0.2, 0.25) is 0 Å². The maximum absolute atomic E-state index is 11.5. The molecule has 1 aromatic rings. The van der Waals surface area contributed by atoms with Gasteiger partial charge in [-0.2, -0.15) is 0 Å². The molecule has 5 nitrogen and oxygen atoms in total. The van der Waals surface area contributed by atoms with E-state index in [2.05, 4.69) is 33.4 Å². The standard InChI is InChI=1S/C15H21N3O2S.HI/c1-16-15(17-10-12-7-9-21(19,20)11-12)18-8-6-13-4-2-3-5-14(13)18;/h2-5,12H,6-11H2,1H3,(H,16,17);1H. The number of rotatable bonds is 2. The third-order valence-electron chi connectivity index (χ3n) is 4.23. The molecular weight excluding hydrogens is 413 g/mol. The molecule has 0 aliphatic carbocycles. The number of aliphatic imine (C=N–C) groups is 1. The van der Waals surface area contributed by atoms with E-state index in [0.29, 0.717) is 18.1 Å². The van der Waals surface area contributed by atoms with Crippen LogP contribution in [0.5, 0.6) is 0 Å². The average Bonchev–Trinajstić information content (AvgIpc) is 3.04. The Balaban J connectivity index is 0.00000176. The first-order valence-corrected chi connectivity index (χ1v) is 9.18. The highest BCUT2D eigenvalue weighted by molar-refractivity contribution is 14.0. The summed E-state index contributed by atoms with van der Waals surface area (Å²) in [5.74, 6) is 1.66. The van der Waals surface area contributed by atoms with Gasteiger partial charge in [-0.3, -0.25) is 4.99 Å². The summed E-state index contributed by atoms with van der Waals surface area (Å²) in [7, 11) is -1.04. The number of guanidine groups is 1. The molecule has 2 aliphatic rings. The summed E-state index contributed by atoms with van der Waals surface area (Å²) in [4.78, 5) is 6.53. The number of anilines is 1. The fourth-order valence-electron chi connectivity index (χ4n) is 3.12. The largest absolute Gasteiger partial charge is 0.356 e. The van der Waals surface area contributed by atoms with E-state index in [0.717, 1.165) is 25.3 Å². The van der Waals surface area contributed by atoms with Gasteiger partial charge < -0.3 is 10.2 Å². The van der Waals surface area contributed by atoms with Crippen LogP contribution in [0, 0.1) is 5.92 Å². The molecule has 1 aromatic carbocycles. The third-order valence-corrected chi connectivity index (χ3v) is 6.07. The molecule has 1 atom stereocenters. The van der Waals surface area contributed by atoms with E-state index >= 15 is 0 Å². The average molecular weight is 435 g/mol. The zero-order valence-corrected chi connectivity index (χ0v) is 15.8. The molecule has 2 heterocycles. The Hall–Kier alpha value is -0.830. The van der Waals surface area contributed by atoms with Gasteiger partial charge >= 0.3 is 0 Å². The van der Waals surface area contributed by atoms with Crippen molar-refractivity contribution in [2.75, 3.05) is 36.5 Å². The zero-order chi connectivity index (χ0) is 14.9. The van der Waals surface area contributed by atoms with Crippen LogP contribution >= 0.6 is 24.0 Å². The minimum absolute atomic E-state index is 0. The predicted molar refractivity (Wildman–Crippen MR) is 101 cm³/mol. The van der Waals surface area contributed by atoms with Crippen molar-refractivity contribution < 1.29 is 8.42 Å². The fourth-order valence-corrected chi connectivity index (χ4v) is 4.98. The van der Waals surface area contributed by atoms with E-state index in [9.17, 15) is 8.42 Å². The van der Waals surface area contributed by atoms with E-state index in [1.165, 1.54) is 11.3 Å². The SMILES string of the molecule is CN=C(NCC1CCS(=O)(=O)C1)N1CCc2ccccc21.I. The second-order valence-corrected chi connectivity index (χ2v) is 7.96. The Morgan fingerprint density at radius 2 is 2.18 bits per heavy atom. The fraction of sp³-hybridized carbons (Fsp3) is 0.533. The van der Waals surface area contributed by atoms with Gasteiger partial charge in [-0.05, 0) is 30.4 Å². The van der Waals surface area contributed by atoms with Gasteiger partial charge in [0.15, 0.2) is 15.8 Å². The normalized spacial score (nSPS) is 23.0. The summed E-state index contributed by atoms with van der Waals surface area (Å²) < 4.78 is 23.0. The predicted octanol–water partition coefficient (Wildman–Crippen LogP) is 1.68.